The summed E-state index contributed by atoms with van der Waals surface area (Å²) in [5.74, 6) is -0.397. The van der Waals surface area contributed by atoms with Crippen molar-refractivity contribution in [2.75, 3.05) is 20.3 Å². The van der Waals surface area contributed by atoms with Crippen LogP contribution in [0.15, 0.2) is 18.2 Å². The molecule has 2 atom stereocenters. The second-order valence-electron chi connectivity index (χ2n) is 5.69. The maximum Gasteiger partial charge on any atom is 0.335 e. The number of carbonyl (C=O) groups excluding carboxylic acids is 1. The van der Waals surface area contributed by atoms with Crippen molar-refractivity contribution in [1.29, 1.82) is 0 Å². The lowest BCUT2D eigenvalue weighted by atomic mass is 9.89. The summed E-state index contributed by atoms with van der Waals surface area (Å²) in [6.45, 7) is 2.71. The van der Waals surface area contributed by atoms with Gasteiger partial charge in [0.05, 0.1) is 18.2 Å². The molecular weight excluding hydrogens is 288 g/mol. The Morgan fingerprint density at radius 1 is 1.59 bits per heavy atom. The molecule has 2 aliphatic heterocycles. The van der Waals surface area contributed by atoms with Crippen LogP contribution in [0.1, 0.15) is 35.3 Å². The largest absolute Gasteiger partial charge is 0.478 e. The van der Waals surface area contributed by atoms with Gasteiger partial charge in [0.15, 0.2) is 5.72 Å². The van der Waals surface area contributed by atoms with Crippen molar-refractivity contribution in [1.82, 2.24) is 10.2 Å². The van der Waals surface area contributed by atoms with Gasteiger partial charge in [-0.2, -0.15) is 0 Å². The van der Waals surface area contributed by atoms with Crippen molar-refractivity contribution >= 4 is 12.0 Å². The van der Waals surface area contributed by atoms with Gasteiger partial charge in [0, 0.05) is 25.6 Å². The highest BCUT2D eigenvalue weighted by molar-refractivity contribution is 5.88. The third-order valence-electron chi connectivity index (χ3n) is 4.18. The molecule has 0 unspecified atom stereocenters. The zero-order valence-electron chi connectivity index (χ0n) is 12.5. The van der Waals surface area contributed by atoms with Crippen LogP contribution in [0.2, 0.25) is 0 Å². The van der Waals surface area contributed by atoms with Crippen LogP contribution in [0.25, 0.3) is 0 Å². The molecule has 0 aromatic heterocycles. The number of amides is 2. The minimum absolute atomic E-state index is 0.182. The summed E-state index contributed by atoms with van der Waals surface area (Å²) >= 11 is 0. The van der Waals surface area contributed by atoms with Crippen LogP contribution in [0.4, 0.5) is 4.79 Å². The number of carbonyl (C=O) groups is 2. The van der Waals surface area contributed by atoms with Crippen molar-refractivity contribution in [2.24, 2.45) is 0 Å². The van der Waals surface area contributed by atoms with Crippen LogP contribution in [0, 0.1) is 0 Å². The van der Waals surface area contributed by atoms with Crippen molar-refractivity contribution in [3.05, 3.63) is 29.3 Å². The number of aromatic carboxylic acids is 1. The molecule has 1 aromatic carbocycles. The molecule has 2 amide bonds. The lowest BCUT2D eigenvalue weighted by molar-refractivity contribution is -0.0892. The van der Waals surface area contributed by atoms with E-state index in [1.54, 1.807) is 24.1 Å². The summed E-state index contributed by atoms with van der Waals surface area (Å²) in [4.78, 5) is 25.0. The monoisotopic (exact) mass is 306 g/mol. The Morgan fingerprint density at radius 2 is 2.36 bits per heavy atom. The Labute approximate surface area is 127 Å². The van der Waals surface area contributed by atoms with E-state index >= 15 is 0 Å². The molecule has 2 aliphatic rings. The first-order valence-corrected chi connectivity index (χ1v) is 7.08. The van der Waals surface area contributed by atoms with Gasteiger partial charge >= 0.3 is 12.0 Å². The first-order valence-electron chi connectivity index (χ1n) is 7.08. The molecule has 3 rings (SSSR count). The predicted molar refractivity (Wildman–Crippen MR) is 76.9 cm³/mol. The minimum atomic E-state index is -1.00. The van der Waals surface area contributed by atoms with E-state index in [1.807, 2.05) is 6.92 Å². The fourth-order valence-corrected chi connectivity index (χ4v) is 3.07. The first-order chi connectivity index (χ1) is 10.4. The molecule has 0 saturated carbocycles. The third kappa shape index (κ3) is 2.27. The Bertz CT molecular complexity index is 632. The lowest BCUT2D eigenvalue weighted by Crippen LogP contribution is -2.65. The predicted octanol–water partition coefficient (Wildman–Crippen LogP) is 1.60. The van der Waals surface area contributed by atoms with E-state index in [9.17, 15) is 9.59 Å². The maximum atomic E-state index is 12.3. The summed E-state index contributed by atoms with van der Waals surface area (Å²) in [5.41, 5.74) is 0.127. The number of ether oxygens (including phenoxy) is 2. The number of hydrogen-bond donors (Lipinski definition) is 2. The number of nitrogens with one attached hydrogen (secondary N) is 1. The molecule has 2 bridgehead atoms. The van der Waals surface area contributed by atoms with Gasteiger partial charge in [0.2, 0.25) is 0 Å². The van der Waals surface area contributed by atoms with E-state index in [4.69, 9.17) is 14.6 Å². The molecule has 1 aromatic rings. The number of carboxylic acid groups (broad SMARTS) is 1. The van der Waals surface area contributed by atoms with Gasteiger partial charge in [-0.15, -0.1) is 0 Å². The first kappa shape index (κ1) is 14.6. The summed E-state index contributed by atoms with van der Waals surface area (Å²) < 4.78 is 11.1. The number of methoxy groups -OCH3 is 1. The van der Waals surface area contributed by atoms with E-state index in [2.05, 4.69) is 5.32 Å². The summed E-state index contributed by atoms with van der Waals surface area (Å²) in [7, 11) is 1.58. The number of carboxylic acids is 1. The molecule has 0 aliphatic carbocycles. The van der Waals surface area contributed by atoms with Gasteiger partial charge in [0.1, 0.15) is 5.75 Å². The van der Waals surface area contributed by atoms with Gasteiger partial charge in [-0.05, 0) is 25.1 Å². The Morgan fingerprint density at radius 3 is 3.05 bits per heavy atom. The zero-order chi connectivity index (χ0) is 15.9. The highest BCUT2D eigenvalue weighted by atomic mass is 16.5. The number of rotatable bonds is 4. The quantitative estimate of drug-likeness (QED) is 0.882. The molecule has 0 spiro atoms. The van der Waals surface area contributed by atoms with Crippen molar-refractivity contribution in [2.45, 2.75) is 25.1 Å². The smallest absolute Gasteiger partial charge is 0.335 e. The fourth-order valence-electron chi connectivity index (χ4n) is 3.07. The second kappa shape index (κ2) is 5.17. The van der Waals surface area contributed by atoms with Crippen LogP contribution < -0.4 is 10.1 Å². The molecule has 2 N–H and O–H groups in total. The average molecular weight is 306 g/mol. The highest BCUT2D eigenvalue weighted by Gasteiger charge is 2.48. The summed E-state index contributed by atoms with van der Waals surface area (Å²) in [6.07, 6.45) is 0.554. The molecule has 2 heterocycles. The van der Waals surface area contributed by atoms with Crippen LogP contribution in [0.3, 0.4) is 0 Å². The van der Waals surface area contributed by atoms with E-state index in [-0.39, 0.29) is 17.6 Å². The lowest BCUT2D eigenvalue weighted by Gasteiger charge is -2.50. The SMILES string of the molecule is COCCN1C(=O)N[C@H]2C[C@]1(C)Oc1ccc(C(=O)O)cc12. The van der Waals surface area contributed by atoms with Crippen LogP contribution in [-0.2, 0) is 4.74 Å². The van der Waals surface area contributed by atoms with Crippen LogP contribution in [0.5, 0.6) is 5.75 Å². The summed E-state index contributed by atoms with van der Waals surface area (Å²) in [5, 5.41) is 12.0. The van der Waals surface area contributed by atoms with Crippen LogP contribution in [-0.4, -0.2) is 48.0 Å². The van der Waals surface area contributed by atoms with E-state index < -0.39 is 11.7 Å². The van der Waals surface area contributed by atoms with E-state index in [1.165, 1.54) is 6.07 Å². The molecule has 7 nitrogen and oxygen atoms in total. The average Bonchev–Trinajstić information content (AvgIpc) is 2.46. The van der Waals surface area contributed by atoms with Crippen molar-refractivity contribution in [3.8, 4) is 5.75 Å². The summed E-state index contributed by atoms with van der Waals surface area (Å²) in [6, 6.07) is 4.23. The Balaban J connectivity index is 1.96. The van der Waals surface area contributed by atoms with Gasteiger partial charge in [0.25, 0.3) is 0 Å². The van der Waals surface area contributed by atoms with E-state index in [0.29, 0.717) is 30.9 Å². The standard InChI is InChI=1S/C15H18N2O5/c1-15-8-11(16-14(20)17(15)5-6-21-2)10-7-9(13(18)19)3-4-12(10)22-15/h3-4,7,11H,5-6,8H2,1-2H3,(H,16,20)(H,18,19)/t11-,15-/m0/s1. The second-order valence-corrected chi connectivity index (χ2v) is 5.69. The number of benzene rings is 1. The minimum Gasteiger partial charge on any atom is -0.478 e. The van der Waals surface area contributed by atoms with Crippen molar-refractivity contribution < 1.29 is 24.2 Å². The van der Waals surface area contributed by atoms with Crippen molar-refractivity contribution in [3.63, 3.8) is 0 Å². The van der Waals surface area contributed by atoms with E-state index in [0.717, 1.165) is 0 Å². The van der Waals surface area contributed by atoms with Gasteiger partial charge in [-0.25, -0.2) is 9.59 Å². The highest BCUT2D eigenvalue weighted by Crippen LogP contribution is 2.44. The zero-order valence-corrected chi connectivity index (χ0v) is 12.5. The molecular formula is C15H18N2O5. The van der Waals surface area contributed by atoms with Crippen LogP contribution >= 0.6 is 0 Å². The third-order valence-corrected chi connectivity index (χ3v) is 4.18. The number of nitrogens with zero attached hydrogens (tertiary/aromatic N) is 1. The number of fused-ring (bicyclic) bond motifs is 4. The molecule has 1 fully saturated rings. The molecule has 118 valence electrons. The molecule has 22 heavy (non-hydrogen) atoms. The molecule has 1 saturated heterocycles. The Kier molecular flexibility index (Phi) is 3.44. The topological polar surface area (TPSA) is 88.1 Å². The molecule has 0 radical (unpaired) electrons. The normalized spacial score (nSPS) is 26.0. The number of urea groups is 1. The van der Waals surface area contributed by atoms with Gasteiger partial charge in [-0.3, -0.25) is 4.90 Å². The van der Waals surface area contributed by atoms with Gasteiger partial charge < -0.3 is 19.9 Å². The van der Waals surface area contributed by atoms with Gasteiger partial charge in [-0.1, -0.05) is 0 Å². The Hall–Kier alpha value is -2.28. The molecule has 7 heteroatoms. The fraction of sp³-hybridized carbons (Fsp3) is 0.467. The number of hydrogen-bond acceptors (Lipinski definition) is 4. The maximum absolute atomic E-state index is 12.3.